The van der Waals surface area contributed by atoms with Crippen molar-refractivity contribution in [3.8, 4) is 0 Å². The number of hydrogen-bond acceptors (Lipinski definition) is 3. The summed E-state index contributed by atoms with van der Waals surface area (Å²) in [5.74, 6) is -1.55. The molecule has 0 unspecified atom stereocenters. The third kappa shape index (κ3) is 5.73. The molecule has 0 fully saturated rings. The maximum Gasteiger partial charge on any atom is 0.322 e. The van der Waals surface area contributed by atoms with Crippen LogP contribution in [0.1, 0.15) is 22.3 Å². The van der Waals surface area contributed by atoms with E-state index in [0.717, 1.165) is 22.3 Å². The predicted octanol–water partition coefficient (Wildman–Crippen LogP) is 2.23. The molecule has 0 radical (unpaired) electrons. The topological polar surface area (TPSA) is 95.5 Å². The Morgan fingerprint density at radius 3 is 2.08 bits per heavy atom. The van der Waals surface area contributed by atoms with Crippen LogP contribution in [0.4, 0.5) is 5.69 Å². The zero-order chi connectivity index (χ0) is 19.1. The van der Waals surface area contributed by atoms with Crippen LogP contribution in [0.3, 0.4) is 0 Å². The highest BCUT2D eigenvalue weighted by Gasteiger charge is 2.09. The number of carboxylic acid groups (broad SMARTS) is 1. The maximum atomic E-state index is 12.3. The van der Waals surface area contributed by atoms with E-state index in [1.54, 1.807) is 24.3 Å². The average Bonchev–Trinajstić information content (AvgIpc) is 2.58. The van der Waals surface area contributed by atoms with Crippen LogP contribution in [0.25, 0.3) is 0 Å². The molecule has 0 saturated carbocycles. The number of anilines is 1. The second-order valence-electron chi connectivity index (χ2n) is 6.14. The number of hydrogen-bond donors (Lipinski definition) is 3. The fraction of sp³-hybridized carbons (Fsp3) is 0.250. The summed E-state index contributed by atoms with van der Waals surface area (Å²) in [6.45, 7) is 3.57. The number of rotatable bonds is 7. The third-order valence-electron chi connectivity index (χ3n) is 4.02. The van der Waals surface area contributed by atoms with Gasteiger partial charge in [-0.3, -0.25) is 14.4 Å². The van der Waals surface area contributed by atoms with E-state index in [2.05, 4.69) is 10.6 Å². The summed E-state index contributed by atoms with van der Waals surface area (Å²) in [4.78, 5) is 34.3. The molecule has 2 amide bonds. The Bertz CT molecular complexity index is 793. The van der Waals surface area contributed by atoms with E-state index >= 15 is 0 Å². The van der Waals surface area contributed by atoms with Crippen LogP contribution in [-0.2, 0) is 27.2 Å². The monoisotopic (exact) mass is 354 g/mol. The van der Waals surface area contributed by atoms with Crippen LogP contribution < -0.4 is 10.6 Å². The molecule has 0 aromatic heterocycles. The van der Waals surface area contributed by atoms with E-state index in [0.29, 0.717) is 12.1 Å². The van der Waals surface area contributed by atoms with E-state index in [-0.39, 0.29) is 18.2 Å². The first kappa shape index (κ1) is 19.2. The number of amides is 2. The summed E-state index contributed by atoms with van der Waals surface area (Å²) in [7, 11) is 0. The van der Waals surface area contributed by atoms with Gasteiger partial charge in [-0.15, -0.1) is 0 Å². The van der Waals surface area contributed by atoms with E-state index in [4.69, 9.17) is 5.11 Å². The first-order chi connectivity index (χ1) is 12.3. The van der Waals surface area contributed by atoms with Crippen molar-refractivity contribution in [1.82, 2.24) is 5.32 Å². The smallest absolute Gasteiger partial charge is 0.322 e. The molecule has 6 nitrogen and oxygen atoms in total. The Morgan fingerprint density at radius 2 is 1.50 bits per heavy atom. The van der Waals surface area contributed by atoms with E-state index in [1.807, 2.05) is 32.0 Å². The lowest BCUT2D eigenvalue weighted by atomic mass is 10.00. The predicted molar refractivity (Wildman–Crippen MR) is 99.0 cm³/mol. The summed E-state index contributed by atoms with van der Waals surface area (Å²) in [6, 6.07) is 12.9. The molecule has 0 bridgehead atoms. The molecule has 6 heteroatoms. The number of carbonyl (C=O) groups excluding carboxylic acids is 2. The minimum Gasteiger partial charge on any atom is -0.480 e. The largest absolute Gasteiger partial charge is 0.480 e. The molecule has 26 heavy (non-hydrogen) atoms. The van der Waals surface area contributed by atoms with Gasteiger partial charge in [-0.2, -0.15) is 0 Å². The third-order valence-corrected chi connectivity index (χ3v) is 4.02. The van der Waals surface area contributed by atoms with Gasteiger partial charge in [-0.05, 0) is 48.2 Å². The Kier molecular flexibility index (Phi) is 6.49. The second-order valence-corrected chi connectivity index (χ2v) is 6.14. The minimum atomic E-state index is -1.08. The molecule has 136 valence electrons. The Labute approximate surface area is 152 Å². The first-order valence-electron chi connectivity index (χ1n) is 8.27. The van der Waals surface area contributed by atoms with Crippen LogP contribution in [0.5, 0.6) is 0 Å². The van der Waals surface area contributed by atoms with Gasteiger partial charge in [0.2, 0.25) is 11.8 Å². The van der Waals surface area contributed by atoms with Crippen molar-refractivity contribution in [1.29, 1.82) is 0 Å². The molecule has 0 aliphatic heterocycles. The van der Waals surface area contributed by atoms with E-state index in [9.17, 15) is 14.4 Å². The summed E-state index contributed by atoms with van der Waals surface area (Å²) < 4.78 is 0. The standard InChI is InChI=1S/C20H22N2O4/c1-13-4-3-5-14(2)17(13)11-19(24)22-16-8-6-15(7-9-16)10-18(23)21-12-20(25)26/h3-9H,10-12H2,1-2H3,(H,21,23)(H,22,24)(H,25,26). The number of nitrogens with one attached hydrogen (secondary N) is 2. The van der Waals surface area contributed by atoms with Gasteiger partial charge in [0.05, 0.1) is 12.8 Å². The lowest BCUT2D eigenvalue weighted by molar-refractivity contribution is -0.137. The fourth-order valence-electron chi connectivity index (χ4n) is 2.62. The molecule has 0 atom stereocenters. The lowest BCUT2D eigenvalue weighted by Gasteiger charge is -2.10. The Hall–Kier alpha value is -3.15. The number of carbonyl (C=O) groups is 3. The van der Waals surface area contributed by atoms with Gasteiger partial charge in [0.1, 0.15) is 6.54 Å². The van der Waals surface area contributed by atoms with Crippen molar-refractivity contribution < 1.29 is 19.5 Å². The highest BCUT2D eigenvalue weighted by atomic mass is 16.4. The summed E-state index contributed by atoms with van der Waals surface area (Å²) in [6.07, 6.45) is 0.391. The molecule has 0 aliphatic carbocycles. The van der Waals surface area contributed by atoms with Gasteiger partial charge in [0, 0.05) is 5.69 Å². The summed E-state index contributed by atoms with van der Waals surface area (Å²) >= 11 is 0. The van der Waals surface area contributed by atoms with Crippen molar-refractivity contribution in [2.75, 3.05) is 11.9 Å². The number of benzene rings is 2. The second kappa shape index (κ2) is 8.80. The lowest BCUT2D eigenvalue weighted by Crippen LogP contribution is -2.30. The minimum absolute atomic E-state index is 0.0872. The van der Waals surface area contributed by atoms with Gasteiger partial charge < -0.3 is 15.7 Å². The molecule has 0 saturated heterocycles. The molecule has 0 heterocycles. The van der Waals surface area contributed by atoms with Crippen LogP contribution in [0.15, 0.2) is 42.5 Å². The van der Waals surface area contributed by atoms with Crippen LogP contribution in [0, 0.1) is 13.8 Å². The first-order valence-corrected chi connectivity index (χ1v) is 8.27. The van der Waals surface area contributed by atoms with E-state index < -0.39 is 12.5 Å². The SMILES string of the molecule is Cc1cccc(C)c1CC(=O)Nc1ccc(CC(=O)NCC(=O)O)cc1. The normalized spacial score (nSPS) is 10.2. The van der Waals surface area contributed by atoms with Crippen molar-refractivity contribution in [3.05, 3.63) is 64.7 Å². The fourth-order valence-corrected chi connectivity index (χ4v) is 2.62. The Balaban J connectivity index is 1.91. The van der Waals surface area contributed by atoms with Crippen molar-refractivity contribution in [2.24, 2.45) is 0 Å². The highest BCUT2D eigenvalue weighted by Crippen LogP contribution is 2.16. The average molecular weight is 354 g/mol. The van der Waals surface area contributed by atoms with Crippen LogP contribution in [-0.4, -0.2) is 29.4 Å². The Morgan fingerprint density at radius 1 is 0.885 bits per heavy atom. The molecule has 0 aliphatic rings. The van der Waals surface area contributed by atoms with Crippen LogP contribution >= 0.6 is 0 Å². The summed E-state index contributed by atoms with van der Waals surface area (Å²) in [5.41, 5.74) is 4.58. The zero-order valence-corrected chi connectivity index (χ0v) is 14.8. The molecule has 3 N–H and O–H groups in total. The van der Waals surface area contributed by atoms with Gasteiger partial charge in [-0.25, -0.2) is 0 Å². The molecule has 0 spiro atoms. The molecule has 2 aromatic carbocycles. The van der Waals surface area contributed by atoms with Gasteiger partial charge >= 0.3 is 5.97 Å². The number of aryl methyl sites for hydroxylation is 2. The number of aliphatic carboxylic acids is 1. The zero-order valence-electron chi connectivity index (χ0n) is 14.8. The van der Waals surface area contributed by atoms with E-state index in [1.165, 1.54) is 0 Å². The maximum absolute atomic E-state index is 12.3. The van der Waals surface area contributed by atoms with Gasteiger partial charge in [0.25, 0.3) is 0 Å². The molecule has 2 rings (SSSR count). The number of carboxylic acids is 1. The van der Waals surface area contributed by atoms with Gasteiger partial charge in [-0.1, -0.05) is 30.3 Å². The molecular formula is C20H22N2O4. The van der Waals surface area contributed by atoms with Crippen molar-refractivity contribution >= 4 is 23.5 Å². The van der Waals surface area contributed by atoms with Crippen LogP contribution in [0.2, 0.25) is 0 Å². The quantitative estimate of drug-likeness (QED) is 0.710. The van der Waals surface area contributed by atoms with Crippen molar-refractivity contribution in [2.45, 2.75) is 26.7 Å². The molecular weight excluding hydrogens is 332 g/mol. The van der Waals surface area contributed by atoms with Crippen molar-refractivity contribution in [3.63, 3.8) is 0 Å². The highest BCUT2D eigenvalue weighted by molar-refractivity contribution is 5.92. The summed E-state index contributed by atoms with van der Waals surface area (Å²) in [5, 5.41) is 13.7. The van der Waals surface area contributed by atoms with Gasteiger partial charge in [0.15, 0.2) is 0 Å². The molecule has 2 aromatic rings.